The largest absolute Gasteiger partial charge is 0.368 e. The molecule has 1 saturated heterocycles. The molecule has 3 heterocycles. The van der Waals surface area contributed by atoms with Crippen molar-refractivity contribution in [1.82, 2.24) is 19.9 Å². The van der Waals surface area contributed by atoms with Crippen molar-refractivity contribution in [1.29, 1.82) is 0 Å². The second-order valence-corrected chi connectivity index (χ2v) is 4.72. The van der Waals surface area contributed by atoms with Crippen LogP contribution in [0.2, 0.25) is 0 Å². The summed E-state index contributed by atoms with van der Waals surface area (Å²) < 4.78 is 0. The molecule has 7 heteroatoms. The molecule has 0 atom stereocenters. The third kappa shape index (κ3) is 2.93. The number of hydrogen-bond donors (Lipinski definition) is 2. The molecule has 0 aliphatic carbocycles. The lowest BCUT2D eigenvalue weighted by Crippen LogP contribution is -2.22. The predicted octanol–water partition coefficient (Wildman–Crippen LogP) is 1.06. The molecule has 3 rings (SSSR count). The van der Waals surface area contributed by atoms with E-state index in [0.29, 0.717) is 18.4 Å². The van der Waals surface area contributed by atoms with Gasteiger partial charge in [-0.1, -0.05) is 0 Å². The van der Waals surface area contributed by atoms with Crippen molar-refractivity contribution in [3.05, 3.63) is 30.1 Å². The molecule has 2 aromatic rings. The first-order chi connectivity index (χ1) is 9.81. The highest BCUT2D eigenvalue weighted by Crippen LogP contribution is 2.17. The molecule has 2 aromatic heterocycles. The highest BCUT2D eigenvalue weighted by molar-refractivity contribution is 5.42. The van der Waals surface area contributed by atoms with Crippen molar-refractivity contribution < 1.29 is 0 Å². The van der Waals surface area contributed by atoms with E-state index in [1.807, 2.05) is 12.1 Å². The molecule has 0 amide bonds. The molecule has 0 radical (unpaired) electrons. The standard InChI is InChI=1S/C13H17N7/c14-11-17-12(16-9-10-3-5-15-6-4-10)19-13(18-11)20-7-1-2-8-20/h3-6H,1-2,7-9H2,(H3,14,16,17,18,19). The fraction of sp³-hybridized carbons (Fsp3) is 0.385. The van der Waals surface area contributed by atoms with E-state index in [9.17, 15) is 0 Å². The average molecular weight is 271 g/mol. The summed E-state index contributed by atoms with van der Waals surface area (Å²) in [4.78, 5) is 18.9. The van der Waals surface area contributed by atoms with Gasteiger partial charge in [-0.25, -0.2) is 0 Å². The molecule has 104 valence electrons. The van der Waals surface area contributed by atoms with Gasteiger partial charge in [0, 0.05) is 32.0 Å². The van der Waals surface area contributed by atoms with Crippen molar-refractivity contribution in [3.63, 3.8) is 0 Å². The zero-order valence-electron chi connectivity index (χ0n) is 11.2. The van der Waals surface area contributed by atoms with Gasteiger partial charge in [0.25, 0.3) is 0 Å². The third-order valence-electron chi connectivity index (χ3n) is 3.23. The van der Waals surface area contributed by atoms with Gasteiger partial charge in [0.1, 0.15) is 0 Å². The summed E-state index contributed by atoms with van der Waals surface area (Å²) in [7, 11) is 0. The summed E-state index contributed by atoms with van der Waals surface area (Å²) in [5.74, 6) is 1.42. The van der Waals surface area contributed by atoms with E-state index in [1.54, 1.807) is 12.4 Å². The zero-order valence-corrected chi connectivity index (χ0v) is 11.2. The fourth-order valence-electron chi connectivity index (χ4n) is 2.20. The van der Waals surface area contributed by atoms with Crippen LogP contribution < -0.4 is 16.0 Å². The molecule has 0 unspecified atom stereocenters. The van der Waals surface area contributed by atoms with Crippen LogP contribution in [0.15, 0.2) is 24.5 Å². The van der Waals surface area contributed by atoms with Crippen LogP contribution in [0.3, 0.4) is 0 Å². The molecule has 1 aliphatic rings. The van der Waals surface area contributed by atoms with Gasteiger partial charge in [-0.05, 0) is 30.5 Å². The van der Waals surface area contributed by atoms with Crippen LogP contribution in [0.4, 0.5) is 17.8 Å². The smallest absolute Gasteiger partial charge is 0.231 e. The number of nitrogen functional groups attached to an aromatic ring is 1. The summed E-state index contributed by atoms with van der Waals surface area (Å²) in [6.07, 6.45) is 5.86. The van der Waals surface area contributed by atoms with Gasteiger partial charge in [-0.3, -0.25) is 4.98 Å². The van der Waals surface area contributed by atoms with Crippen molar-refractivity contribution in [2.45, 2.75) is 19.4 Å². The maximum absolute atomic E-state index is 5.76. The third-order valence-corrected chi connectivity index (χ3v) is 3.23. The monoisotopic (exact) mass is 271 g/mol. The van der Waals surface area contributed by atoms with Gasteiger partial charge in [0.15, 0.2) is 0 Å². The molecule has 3 N–H and O–H groups in total. The lowest BCUT2D eigenvalue weighted by molar-refractivity contribution is 0.881. The normalized spacial score (nSPS) is 14.5. The number of pyridine rings is 1. The van der Waals surface area contributed by atoms with Crippen LogP contribution in [0.25, 0.3) is 0 Å². The number of hydrogen-bond acceptors (Lipinski definition) is 7. The minimum Gasteiger partial charge on any atom is -0.368 e. The van der Waals surface area contributed by atoms with Gasteiger partial charge < -0.3 is 16.0 Å². The number of nitrogens with zero attached hydrogens (tertiary/aromatic N) is 5. The summed E-state index contributed by atoms with van der Waals surface area (Å²) >= 11 is 0. The maximum atomic E-state index is 5.76. The Morgan fingerprint density at radius 3 is 2.60 bits per heavy atom. The van der Waals surface area contributed by atoms with E-state index in [-0.39, 0.29) is 5.95 Å². The van der Waals surface area contributed by atoms with E-state index in [1.165, 1.54) is 12.8 Å². The van der Waals surface area contributed by atoms with Crippen LogP contribution in [-0.4, -0.2) is 33.0 Å². The van der Waals surface area contributed by atoms with Gasteiger partial charge in [-0.15, -0.1) is 0 Å². The average Bonchev–Trinajstić information content (AvgIpc) is 3.00. The second kappa shape index (κ2) is 5.68. The molecular weight excluding hydrogens is 254 g/mol. The highest BCUT2D eigenvalue weighted by atomic mass is 15.3. The number of rotatable bonds is 4. The van der Waals surface area contributed by atoms with Gasteiger partial charge in [0.2, 0.25) is 17.8 Å². The van der Waals surface area contributed by atoms with E-state index >= 15 is 0 Å². The summed E-state index contributed by atoms with van der Waals surface area (Å²) in [6.45, 7) is 2.59. The lowest BCUT2D eigenvalue weighted by Gasteiger charge is -2.16. The molecule has 0 aromatic carbocycles. The Labute approximate surface area is 117 Å². The highest BCUT2D eigenvalue weighted by Gasteiger charge is 2.16. The van der Waals surface area contributed by atoms with Crippen LogP contribution in [0.5, 0.6) is 0 Å². The molecule has 1 aliphatic heterocycles. The maximum Gasteiger partial charge on any atom is 0.231 e. The van der Waals surface area contributed by atoms with Gasteiger partial charge in [-0.2, -0.15) is 15.0 Å². The minimum absolute atomic E-state index is 0.249. The minimum atomic E-state index is 0.249. The summed E-state index contributed by atoms with van der Waals surface area (Å²) in [5, 5.41) is 3.17. The molecular formula is C13H17N7. The van der Waals surface area contributed by atoms with E-state index in [4.69, 9.17) is 5.73 Å². The Morgan fingerprint density at radius 2 is 1.85 bits per heavy atom. The van der Waals surface area contributed by atoms with Gasteiger partial charge in [0.05, 0.1) is 0 Å². The van der Waals surface area contributed by atoms with Gasteiger partial charge >= 0.3 is 0 Å². The quantitative estimate of drug-likeness (QED) is 0.858. The van der Waals surface area contributed by atoms with Crippen LogP contribution in [-0.2, 0) is 6.54 Å². The second-order valence-electron chi connectivity index (χ2n) is 4.72. The van der Waals surface area contributed by atoms with Crippen LogP contribution >= 0.6 is 0 Å². The number of anilines is 3. The molecule has 1 fully saturated rings. The summed E-state index contributed by atoms with van der Waals surface area (Å²) in [6, 6.07) is 3.89. The van der Waals surface area contributed by atoms with Crippen molar-refractivity contribution in [2.24, 2.45) is 0 Å². The molecule has 20 heavy (non-hydrogen) atoms. The van der Waals surface area contributed by atoms with Crippen molar-refractivity contribution in [2.75, 3.05) is 29.0 Å². The van der Waals surface area contributed by atoms with E-state index in [2.05, 4.69) is 30.2 Å². The Balaban J connectivity index is 1.72. The molecule has 7 nitrogen and oxygen atoms in total. The zero-order chi connectivity index (χ0) is 13.8. The van der Waals surface area contributed by atoms with E-state index < -0.39 is 0 Å². The SMILES string of the molecule is Nc1nc(NCc2ccncc2)nc(N2CCCC2)n1. The molecule has 0 spiro atoms. The fourth-order valence-corrected chi connectivity index (χ4v) is 2.20. The topological polar surface area (TPSA) is 92.8 Å². The summed E-state index contributed by atoms with van der Waals surface area (Å²) in [5.41, 5.74) is 6.87. The Bertz CT molecular complexity index is 566. The van der Waals surface area contributed by atoms with Crippen LogP contribution in [0, 0.1) is 0 Å². The van der Waals surface area contributed by atoms with Crippen molar-refractivity contribution >= 4 is 17.8 Å². The first kappa shape index (κ1) is 12.6. The number of nitrogens with one attached hydrogen (secondary N) is 1. The number of nitrogens with two attached hydrogens (primary N) is 1. The predicted molar refractivity (Wildman–Crippen MR) is 77.3 cm³/mol. The first-order valence-electron chi connectivity index (χ1n) is 6.70. The first-order valence-corrected chi connectivity index (χ1v) is 6.70. The van der Waals surface area contributed by atoms with E-state index in [0.717, 1.165) is 18.7 Å². The number of aromatic nitrogens is 4. The van der Waals surface area contributed by atoms with Crippen LogP contribution in [0.1, 0.15) is 18.4 Å². The Kier molecular flexibility index (Phi) is 3.58. The van der Waals surface area contributed by atoms with Crippen molar-refractivity contribution in [3.8, 4) is 0 Å². The Morgan fingerprint density at radius 1 is 1.10 bits per heavy atom. The Hall–Kier alpha value is -2.44. The molecule has 0 bridgehead atoms. The lowest BCUT2D eigenvalue weighted by atomic mass is 10.3. The molecule has 0 saturated carbocycles.